The van der Waals surface area contributed by atoms with Crippen LogP contribution in [-0.4, -0.2) is 38.3 Å². The summed E-state index contributed by atoms with van der Waals surface area (Å²) in [5, 5.41) is 4.18. The SMILES string of the molecule is CCc1cccc2c([C@@H](CC(=O)NCCCOC)c3ccccc3OC)c[nH]c12. The quantitative estimate of drug-likeness (QED) is 0.501. The van der Waals surface area contributed by atoms with Gasteiger partial charge in [-0.3, -0.25) is 4.79 Å². The van der Waals surface area contributed by atoms with E-state index >= 15 is 0 Å². The summed E-state index contributed by atoms with van der Waals surface area (Å²) in [6.45, 7) is 3.40. The Morgan fingerprint density at radius 2 is 1.93 bits per heavy atom. The molecule has 0 aliphatic carbocycles. The van der Waals surface area contributed by atoms with E-state index in [0.717, 1.165) is 40.6 Å². The van der Waals surface area contributed by atoms with E-state index in [1.807, 2.05) is 30.5 Å². The van der Waals surface area contributed by atoms with Gasteiger partial charge in [0.05, 0.1) is 7.11 Å². The van der Waals surface area contributed by atoms with E-state index < -0.39 is 0 Å². The summed E-state index contributed by atoms with van der Waals surface area (Å²) in [4.78, 5) is 16.2. The molecule has 154 valence electrons. The predicted octanol–water partition coefficient (Wildman–Crippen LogP) is 4.41. The highest BCUT2D eigenvalue weighted by molar-refractivity contribution is 5.88. The summed E-state index contributed by atoms with van der Waals surface area (Å²) in [7, 11) is 3.34. The lowest BCUT2D eigenvalue weighted by Crippen LogP contribution is -2.27. The van der Waals surface area contributed by atoms with Gasteiger partial charge in [0.2, 0.25) is 5.91 Å². The summed E-state index contributed by atoms with van der Waals surface area (Å²) in [5.41, 5.74) is 4.55. The van der Waals surface area contributed by atoms with E-state index in [4.69, 9.17) is 9.47 Å². The number of H-pyrrole nitrogens is 1. The fraction of sp³-hybridized carbons (Fsp3) is 0.375. The Kier molecular flexibility index (Phi) is 7.30. The van der Waals surface area contributed by atoms with Gasteiger partial charge in [0.1, 0.15) is 5.75 Å². The van der Waals surface area contributed by atoms with Crippen LogP contribution in [0.15, 0.2) is 48.7 Å². The van der Waals surface area contributed by atoms with Crippen LogP contribution in [0, 0.1) is 0 Å². The van der Waals surface area contributed by atoms with Gasteiger partial charge in [-0.05, 0) is 30.0 Å². The second-order valence-electron chi connectivity index (χ2n) is 7.13. The molecule has 0 saturated heterocycles. The Morgan fingerprint density at radius 1 is 1.10 bits per heavy atom. The van der Waals surface area contributed by atoms with Crippen LogP contribution in [0.5, 0.6) is 5.75 Å². The summed E-state index contributed by atoms with van der Waals surface area (Å²) < 4.78 is 10.7. The molecule has 2 aromatic carbocycles. The van der Waals surface area contributed by atoms with E-state index in [0.29, 0.717) is 19.6 Å². The number of nitrogens with one attached hydrogen (secondary N) is 2. The van der Waals surface area contributed by atoms with Crippen molar-refractivity contribution in [1.29, 1.82) is 0 Å². The van der Waals surface area contributed by atoms with Crippen LogP contribution in [0.25, 0.3) is 10.9 Å². The Morgan fingerprint density at radius 3 is 2.69 bits per heavy atom. The van der Waals surface area contributed by atoms with Gasteiger partial charge in [-0.1, -0.05) is 43.3 Å². The third kappa shape index (κ3) is 4.80. The zero-order valence-corrected chi connectivity index (χ0v) is 17.5. The second-order valence-corrected chi connectivity index (χ2v) is 7.13. The molecular formula is C24H30N2O3. The number of amides is 1. The number of carbonyl (C=O) groups excluding carboxylic acids is 1. The molecule has 5 nitrogen and oxygen atoms in total. The van der Waals surface area contributed by atoms with Crippen molar-refractivity contribution in [2.45, 2.75) is 32.1 Å². The zero-order chi connectivity index (χ0) is 20.6. The Bertz CT molecular complexity index is 948. The summed E-state index contributed by atoms with van der Waals surface area (Å²) in [6, 6.07) is 14.3. The molecule has 29 heavy (non-hydrogen) atoms. The standard InChI is InChI=1S/C24H30N2O3/c1-4-17-9-7-11-19-21(16-26-24(17)19)20(15-23(27)25-13-8-14-28-2)18-10-5-6-12-22(18)29-3/h5-7,9-12,16,20,26H,4,8,13-15H2,1-3H3,(H,25,27)/t20-/m0/s1. The van der Waals surface area contributed by atoms with Crippen molar-refractivity contribution in [2.75, 3.05) is 27.4 Å². The fourth-order valence-electron chi connectivity index (χ4n) is 3.87. The van der Waals surface area contributed by atoms with Crippen LogP contribution in [0.1, 0.15) is 42.4 Å². The largest absolute Gasteiger partial charge is 0.496 e. The van der Waals surface area contributed by atoms with Gasteiger partial charge < -0.3 is 19.8 Å². The first-order valence-electron chi connectivity index (χ1n) is 10.2. The molecule has 0 fully saturated rings. The minimum absolute atomic E-state index is 0.0259. The number of aryl methyl sites for hydroxylation is 1. The first-order chi connectivity index (χ1) is 14.2. The normalized spacial score (nSPS) is 12.1. The van der Waals surface area contributed by atoms with Crippen molar-refractivity contribution in [1.82, 2.24) is 10.3 Å². The number of fused-ring (bicyclic) bond motifs is 1. The number of hydrogen-bond donors (Lipinski definition) is 2. The average molecular weight is 395 g/mol. The number of aromatic nitrogens is 1. The van der Waals surface area contributed by atoms with E-state index in [-0.39, 0.29) is 11.8 Å². The van der Waals surface area contributed by atoms with E-state index in [9.17, 15) is 4.79 Å². The Hall–Kier alpha value is -2.79. The highest BCUT2D eigenvalue weighted by Gasteiger charge is 2.24. The van der Waals surface area contributed by atoms with Gasteiger partial charge in [-0.15, -0.1) is 0 Å². The number of carbonyl (C=O) groups is 1. The minimum atomic E-state index is -0.102. The first-order valence-corrected chi connectivity index (χ1v) is 10.2. The average Bonchev–Trinajstić information content (AvgIpc) is 3.19. The lowest BCUT2D eigenvalue weighted by molar-refractivity contribution is -0.121. The molecule has 1 aromatic heterocycles. The van der Waals surface area contributed by atoms with Crippen molar-refractivity contribution in [3.63, 3.8) is 0 Å². The zero-order valence-electron chi connectivity index (χ0n) is 17.5. The van der Waals surface area contributed by atoms with Gasteiger partial charge >= 0.3 is 0 Å². The predicted molar refractivity (Wildman–Crippen MR) is 117 cm³/mol. The highest BCUT2D eigenvalue weighted by Crippen LogP contribution is 2.38. The summed E-state index contributed by atoms with van der Waals surface area (Å²) in [5.74, 6) is 0.720. The molecular weight excluding hydrogens is 364 g/mol. The molecule has 1 heterocycles. The number of aromatic amines is 1. The van der Waals surface area contributed by atoms with Crippen LogP contribution >= 0.6 is 0 Å². The van der Waals surface area contributed by atoms with Gasteiger partial charge in [0.15, 0.2) is 0 Å². The van der Waals surface area contributed by atoms with Crippen molar-refractivity contribution in [3.05, 3.63) is 65.4 Å². The number of para-hydroxylation sites is 2. The van der Waals surface area contributed by atoms with Crippen molar-refractivity contribution >= 4 is 16.8 Å². The number of ether oxygens (including phenoxy) is 2. The molecule has 0 radical (unpaired) electrons. The van der Waals surface area contributed by atoms with Gasteiger partial charge in [0.25, 0.3) is 0 Å². The Balaban J connectivity index is 1.97. The number of rotatable bonds is 10. The maximum Gasteiger partial charge on any atom is 0.220 e. The molecule has 3 rings (SSSR count). The van der Waals surface area contributed by atoms with Gasteiger partial charge in [0, 0.05) is 55.3 Å². The maximum absolute atomic E-state index is 12.7. The third-order valence-corrected chi connectivity index (χ3v) is 5.34. The van der Waals surface area contributed by atoms with E-state index in [1.165, 1.54) is 5.56 Å². The molecule has 0 spiro atoms. The van der Waals surface area contributed by atoms with E-state index in [1.54, 1.807) is 14.2 Å². The number of hydrogen-bond acceptors (Lipinski definition) is 3. The number of methoxy groups -OCH3 is 2. The van der Waals surface area contributed by atoms with Gasteiger partial charge in [-0.25, -0.2) is 0 Å². The molecule has 0 aliphatic heterocycles. The van der Waals surface area contributed by atoms with Crippen molar-refractivity contribution in [3.8, 4) is 5.75 Å². The van der Waals surface area contributed by atoms with E-state index in [2.05, 4.69) is 35.4 Å². The molecule has 2 N–H and O–H groups in total. The maximum atomic E-state index is 12.7. The summed E-state index contributed by atoms with van der Waals surface area (Å²) in [6.07, 6.45) is 4.15. The molecule has 0 bridgehead atoms. The van der Waals surface area contributed by atoms with Gasteiger partial charge in [-0.2, -0.15) is 0 Å². The molecule has 5 heteroatoms. The van der Waals surface area contributed by atoms with Crippen LogP contribution in [0.4, 0.5) is 0 Å². The molecule has 1 amide bonds. The van der Waals surface area contributed by atoms with Crippen LogP contribution in [0.3, 0.4) is 0 Å². The van der Waals surface area contributed by atoms with Crippen molar-refractivity contribution < 1.29 is 14.3 Å². The van der Waals surface area contributed by atoms with Crippen molar-refractivity contribution in [2.24, 2.45) is 0 Å². The number of benzene rings is 2. The highest BCUT2D eigenvalue weighted by atomic mass is 16.5. The minimum Gasteiger partial charge on any atom is -0.496 e. The van der Waals surface area contributed by atoms with Crippen LogP contribution in [-0.2, 0) is 16.0 Å². The molecule has 0 aliphatic rings. The summed E-state index contributed by atoms with van der Waals surface area (Å²) >= 11 is 0. The molecule has 0 saturated carbocycles. The fourth-order valence-corrected chi connectivity index (χ4v) is 3.87. The lowest BCUT2D eigenvalue weighted by atomic mass is 9.87. The topological polar surface area (TPSA) is 63.4 Å². The van der Waals surface area contributed by atoms with Crippen LogP contribution < -0.4 is 10.1 Å². The molecule has 1 atom stereocenters. The molecule has 0 unspecified atom stereocenters. The first kappa shape index (κ1) is 20.9. The molecule has 3 aromatic rings. The third-order valence-electron chi connectivity index (χ3n) is 5.34. The second kappa shape index (κ2) is 10.1. The van der Waals surface area contributed by atoms with Crippen LogP contribution in [0.2, 0.25) is 0 Å². The monoisotopic (exact) mass is 394 g/mol. The smallest absolute Gasteiger partial charge is 0.220 e. The lowest BCUT2D eigenvalue weighted by Gasteiger charge is -2.20. The Labute approximate surface area is 172 Å².